The molecule has 0 aliphatic carbocycles. The molecule has 0 aliphatic rings. The summed E-state index contributed by atoms with van der Waals surface area (Å²) in [5.41, 5.74) is 1.36. The van der Waals surface area contributed by atoms with E-state index >= 15 is 0 Å². The Morgan fingerprint density at radius 2 is 1.81 bits per heavy atom. The average Bonchev–Trinajstić information content (AvgIpc) is 2.61. The van der Waals surface area contributed by atoms with Crippen molar-refractivity contribution in [3.05, 3.63) is 70.5 Å². The van der Waals surface area contributed by atoms with E-state index in [9.17, 15) is 4.79 Å². The van der Waals surface area contributed by atoms with Gasteiger partial charge in [0, 0.05) is 21.9 Å². The Balaban J connectivity index is 1.79. The summed E-state index contributed by atoms with van der Waals surface area (Å²) < 4.78 is 5.22. The number of rotatable bonds is 5. The van der Waals surface area contributed by atoms with Crippen LogP contribution in [0.2, 0.25) is 10.0 Å². The van der Waals surface area contributed by atoms with Crippen molar-refractivity contribution >= 4 is 46.4 Å². The number of halogens is 2. The van der Waals surface area contributed by atoms with Crippen LogP contribution >= 0.6 is 23.2 Å². The van der Waals surface area contributed by atoms with E-state index < -0.39 is 0 Å². The molecule has 3 rings (SSSR count). The number of hydrogen-bond donors (Lipinski definition) is 2. The first-order chi connectivity index (χ1) is 12.5. The molecule has 2 N–H and O–H groups in total. The highest BCUT2D eigenvalue weighted by atomic mass is 35.5. The molecular formula is C18H14Cl2N4O2. The molecule has 8 heteroatoms. The van der Waals surface area contributed by atoms with Crippen LogP contribution in [0, 0.1) is 0 Å². The molecule has 132 valence electrons. The Bertz CT molecular complexity index is 930. The molecular weight excluding hydrogens is 375 g/mol. The fourth-order valence-corrected chi connectivity index (χ4v) is 2.76. The predicted molar refractivity (Wildman–Crippen MR) is 103 cm³/mol. The van der Waals surface area contributed by atoms with Crippen molar-refractivity contribution in [1.82, 2.24) is 9.97 Å². The first-order valence-corrected chi connectivity index (χ1v) is 8.31. The summed E-state index contributed by atoms with van der Waals surface area (Å²) in [4.78, 5) is 20.8. The van der Waals surface area contributed by atoms with Crippen LogP contribution in [-0.2, 0) is 0 Å². The monoisotopic (exact) mass is 388 g/mol. The summed E-state index contributed by atoms with van der Waals surface area (Å²) >= 11 is 12.0. The van der Waals surface area contributed by atoms with Crippen molar-refractivity contribution in [2.45, 2.75) is 0 Å². The zero-order valence-corrected chi connectivity index (χ0v) is 15.2. The Morgan fingerprint density at radius 3 is 2.54 bits per heavy atom. The summed E-state index contributed by atoms with van der Waals surface area (Å²) in [5.74, 6) is 0.418. The second-order valence-corrected chi connectivity index (χ2v) is 6.08. The molecule has 1 amide bonds. The minimum atomic E-state index is -0.385. The van der Waals surface area contributed by atoms with E-state index in [4.69, 9.17) is 27.9 Å². The number of nitrogens with zero attached hydrogens (tertiary/aromatic N) is 2. The van der Waals surface area contributed by atoms with Gasteiger partial charge in [-0.25, -0.2) is 9.97 Å². The topological polar surface area (TPSA) is 76.1 Å². The van der Waals surface area contributed by atoms with Crippen molar-refractivity contribution in [2.24, 2.45) is 0 Å². The highest BCUT2D eigenvalue weighted by Gasteiger charge is 2.12. The van der Waals surface area contributed by atoms with Crippen LogP contribution in [0.5, 0.6) is 5.75 Å². The molecule has 0 aliphatic heterocycles. The SMILES string of the molecule is COc1ccccc1NC(=O)c1ccnc(Nc2cc(Cl)cc(Cl)c2)n1. The van der Waals surface area contributed by atoms with Gasteiger partial charge in [0.2, 0.25) is 5.95 Å². The van der Waals surface area contributed by atoms with Gasteiger partial charge >= 0.3 is 0 Å². The van der Waals surface area contributed by atoms with Crippen molar-refractivity contribution in [3.8, 4) is 5.75 Å². The number of ether oxygens (including phenoxy) is 1. The Morgan fingerprint density at radius 1 is 1.08 bits per heavy atom. The van der Waals surface area contributed by atoms with Crippen LogP contribution in [0.25, 0.3) is 0 Å². The molecule has 0 radical (unpaired) electrons. The molecule has 3 aromatic rings. The molecule has 0 bridgehead atoms. The van der Waals surface area contributed by atoms with Gasteiger partial charge in [0.15, 0.2) is 0 Å². The molecule has 26 heavy (non-hydrogen) atoms. The number of carbonyl (C=O) groups excluding carboxylic acids is 1. The number of para-hydroxylation sites is 2. The Kier molecular flexibility index (Phi) is 5.55. The number of carbonyl (C=O) groups is 1. The maximum atomic E-state index is 12.5. The van der Waals surface area contributed by atoms with Crippen molar-refractivity contribution in [2.75, 3.05) is 17.7 Å². The van der Waals surface area contributed by atoms with Gasteiger partial charge in [-0.1, -0.05) is 35.3 Å². The van der Waals surface area contributed by atoms with Gasteiger partial charge in [0.25, 0.3) is 5.91 Å². The summed E-state index contributed by atoms with van der Waals surface area (Å²) in [5, 5.41) is 6.69. The lowest BCUT2D eigenvalue weighted by molar-refractivity contribution is 0.102. The number of aromatic nitrogens is 2. The first-order valence-electron chi connectivity index (χ1n) is 7.55. The number of nitrogens with one attached hydrogen (secondary N) is 2. The van der Waals surface area contributed by atoms with E-state index in [2.05, 4.69) is 20.6 Å². The fraction of sp³-hybridized carbons (Fsp3) is 0.0556. The minimum absolute atomic E-state index is 0.196. The molecule has 0 fully saturated rings. The minimum Gasteiger partial charge on any atom is -0.495 e. The van der Waals surface area contributed by atoms with Crippen LogP contribution in [0.15, 0.2) is 54.7 Å². The zero-order chi connectivity index (χ0) is 18.5. The van der Waals surface area contributed by atoms with Gasteiger partial charge in [-0.2, -0.15) is 0 Å². The van der Waals surface area contributed by atoms with Crippen LogP contribution in [0.4, 0.5) is 17.3 Å². The Labute approximate surface area is 160 Å². The lowest BCUT2D eigenvalue weighted by atomic mass is 10.2. The molecule has 1 heterocycles. The van der Waals surface area contributed by atoms with E-state index in [1.807, 2.05) is 6.07 Å². The number of benzene rings is 2. The summed E-state index contributed by atoms with van der Waals surface area (Å²) in [6.45, 7) is 0. The summed E-state index contributed by atoms with van der Waals surface area (Å²) in [6.07, 6.45) is 1.48. The number of hydrogen-bond acceptors (Lipinski definition) is 5. The molecule has 0 unspecified atom stereocenters. The number of methoxy groups -OCH3 is 1. The van der Waals surface area contributed by atoms with Crippen LogP contribution in [-0.4, -0.2) is 23.0 Å². The molecule has 0 atom stereocenters. The average molecular weight is 389 g/mol. The maximum absolute atomic E-state index is 12.5. The zero-order valence-electron chi connectivity index (χ0n) is 13.7. The lowest BCUT2D eigenvalue weighted by Crippen LogP contribution is -2.15. The number of anilines is 3. The van der Waals surface area contributed by atoms with Gasteiger partial charge in [-0.15, -0.1) is 0 Å². The second kappa shape index (κ2) is 8.03. The van der Waals surface area contributed by atoms with E-state index in [1.54, 1.807) is 36.4 Å². The first kappa shape index (κ1) is 18.0. The fourth-order valence-electron chi connectivity index (χ4n) is 2.23. The third-order valence-electron chi connectivity index (χ3n) is 3.36. The Hall–Kier alpha value is -2.83. The quantitative estimate of drug-likeness (QED) is 0.656. The van der Waals surface area contributed by atoms with E-state index in [-0.39, 0.29) is 17.5 Å². The number of amides is 1. The van der Waals surface area contributed by atoms with E-state index in [1.165, 1.54) is 19.4 Å². The van der Waals surface area contributed by atoms with E-state index in [0.717, 1.165) is 0 Å². The molecule has 6 nitrogen and oxygen atoms in total. The van der Waals surface area contributed by atoms with Gasteiger partial charge in [-0.05, 0) is 36.4 Å². The van der Waals surface area contributed by atoms with Gasteiger partial charge in [0.05, 0.1) is 12.8 Å². The van der Waals surface area contributed by atoms with Crippen molar-refractivity contribution in [3.63, 3.8) is 0 Å². The molecule has 0 saturated heterocycles. The molecule has 0 saturated carbocycles. The third kappa shape index (κ3) is 4.41. The predicted octanol–water partition coefficient (Wildman–Crippen LogP) is 4.79. The van der Waals surface area contributed by atoms with Gasteiger partial charge in [0.1, 0.15) is 11.4 Å². The molecule has 0 spiro atoms. The van der Waals surface area contributed by atoms with Gasteiger partial charge < -0.3 is 15.4 Å². The summed E-state index contributed by atoms with van der Waals surface area (Å²) in [6, 6.07) is 13.6. The van der Waals surface area contributed by atoms with Crippen LogP contribution in [0.3, 0.4) is 0 Å². The van der Waals surface area contributed by atoms with E-state index in [0.29, 0.717) is 27.2 Å². The highest BCUT2D eigenvalue weighted by molar-refractivity contribution is 6.35. The van der Waals surface area contributed by atoms with Crippen LogP contribution in [0.1, 0.15) is 10.5 Å². The molecule has 2 aromatic carbocycles. The largest absolute Gasteiger partial charge is 0.495 e. The highest BCUT2D eigenvalue weighted by Crippen LogP contribution is 2.25. The standard InChI is InChI=1S/C18H14Cl2N4O2/c1-26-16-5-3-2-4-14(16)23-17(25)15-6-7-21-18(24-15)22-13-9-11(19)8-12(20)10-13/h2-10H,1H3,(H,23,25)(H,21,22,24). The van der Waals surface area contributed by atoms with Crippen molar-refractivity contribution in [1.29, 1.82) is 0 Å². The smallest absolute Gasteiger partial charge is 0.274 e. The molecule has 1 aromatic heterocycles. The normalized spacial score (nSPS) is 10.3. The second-order valence-electron chi connectivity index (χ2n) is 5.20. The van der Waals surface area contributed by atoms with Gasteiger partial charge in [-0.3, -0.25) is 4.79 Å². The van der Waals surface area contributed by atoms with Crippen molar-refractivity contribution < 1.29 is 9.53 Å². The third-order valence-corrected chi connectivity index (χ3v) is 3.80. The summed E-state index contributed by atoms with van der Waals surface area (Å²) in [7, 11) is 1.54. The van der Waals surface area contributed by atoms with Crippen LogP contribution < -0.4 is 15.4 Å². The maximum Gasteiger partial charge on any atom is 0.274 e. The lowest BCUT2D eigenvalue weighted by Gasteiger charge is -2.10.